The summed E-state index contributed by atoms with van der Waals surface area (Å²) >= 11 is 1.92. The van der Waals surface area contributed by atoms with E-state index in [2.05, 4.69) is 26.0 Å². The van der Waals surface area contributed by atoms with E-state index in [9.17, 15) is 4.79 Å². The smallest absolute Gasteiger partial charge is 0.303 e. The lowest BCUT2D eigenvalue weighted by atomic mass is 9.76. The van der Waals surface area contributed by atoms with Crippen molar-refractivity contribution in [2.75, 3.05) is 19.0 Å². The number of hydrogen-bond acceptors (Lipinski definition) is 4. The van der Waals surface area contributed by atoms with E-state index in [1.54, 1.807) is 0 Å². The van der Waals surface area contributed by atoms with Gasteiger partial charge in [-0.3, -0.25) is 4.79 Å². The SMILES string of the molecule is CCC=CCCOCCC1C2CCC(O2)C1CCSC(C)CCC(=O)O. The van der Waals surface area contributed by atoms with Crippen molar-refractivity contribution in [2.24, 2.45) is 11.8 Å². The van der Waals surface area contributed by atoms with E-state index in [1.807, 2.05) is 11.8 Å². The van der Waals surface area contributed by atoms with Crippen molar-refractivity contribution in [1.82, 2.24) is 0 Å². The molecule has 5 heteroatoms. The number of carboxylic acids is 1. The van der Waals surface area contributed by atoms with Crippen LogP contribution in [0.25, 0.3) is 0 Å². The molecule has 2 bridgehead atoms. The molecule has 1 N–H and O–H groups in total. The van der Waals surface area contributed by atoms with Crippen LogP contribution in [0.4, 0.5) is 0 Å². The van der Waals surface area contributed by atoms with Crippen LogP contribution in [0.1, 0.15) is 65.2 Å². The predicted octanol–water partition coefficient (Wildman–Crippen LogP) is 4.92. The summed E-state index contributed by atoms with van der Waals surface area (Å²) in [6.45, 7) is 5.96. The number of aliphatic carboxylic acids is 1. The minimum Gasteiger partial charge on any atom is -0.481 e. The van der Waals surface area contributed by atoms with Gasteiger partial charge in [0.25, 0.3) is 0 Å². The molecule has 2 rings (SSSR count). The molecular weight excluding hydrogens is 348 g/mol. The number of thioether (sulfide) groups is 1. The number of carbonyl (C=O) groups is 1. The third kappa shape index (κ3) is 7.24. The highest BCUT2D eigenvalue weighted by atomic mass is 32.2. The maximum Gasteiger partial charge on any atom is 0.303 e. The molecule has 0 radical (unpaired) electrons. The van der Waals surface area contributed by atoms with E-state index in [4.69, 9.17) is 14.6 Å². The number of hydrogen-bond donors (Lipinski definition) is 1. The molecule has 0 aromatic carbocycles. The summed E-state index contributed by atoms with van der Waals surface area (Å²) in [6.07, 6.45) is 13.2. The van der Waals surface area contributed by atoms with Crippen molar-refractivity contribution < 1.29 is 19.4 Å². The first-order valence-electron chi connectivity index (χ1n) is 10.3. The van der Waals surface area contributed by atoms with Crippen LogP contribution < -0.4 is 0 Å². The predicted molar refractivity (Wildman–Crippen MR) is 108 cm³/mol. The molecule has 2 heterocycles. The molecule has 0 aromatic heterocycles. The van der Waals surface area contributed by atoms with Gasteiger partial charge in [0, 0.05) is 18.3 Å². The lowest BCUT2D eigenvalue weighted by molar-refractivity contribution is -0.137. The van der Waals surface area contributed by atoms with Crippen molar-refractivity contribution in [3.8, 4) is 0 Å². The van der Waals surface area contributed by atoms with Gasteiger partial charge in [0.2, 0.25) is 0 Å². The van der Waals surface area contributed by atoms with Crippen molar-refractivity contribution in [1.29, 1.82) is 0 Å². The lowest BCUT2D eigenvalue weighted by Crippen LogP contribution is -2.29. The monoisotopic (exact) mass is 384 g/mol. The van der Waals surface area contributed by atoms with E-state index in [0.717, 1.165) is 44.6 Å². The van der Waals surface area contributed by atoms with Gasteiger partial charge in [-0.25, -0.2) is 0 Å². The van der Waals surface area contributed by atoms with Crippen LogP contribution in [0.5, 0.6) is 0 Å². The number of allylic oxidation sites excluding steroid dienone is 1. The summed E-state index contributed by atoms with van der Waals surface area (Å²) in [6, 6.07) is 0. The second-order valence-corrected chi connectivity index (χ2v) is 9.14. The molecule has 0 aliphatic carbocycles. The second-order valence-electron chi connectivity index (χ2n) is 7.59. The van der Waals surface area contributed by atoms with Crippen molar-refractivity contribution in [2.45, 2.75) is 82.7 Å². The van der Waals surface area contributed by atoms with Gasteiger partial charge < -0.3 is 14.6 Å². The zero-order valence-electron chi connectivity index (χ0n) is 16.4. The molecule has 2 aliphatic heterocycles. The Hall–Kier alpha value is -0.520. The first kappa shape index (κ1) is 21.8. The third-order valence-electron chi connectivity index (χ3n) is 5.64. The Morgan fingerprint density at radius 2 is 1.96 bits per heavy atom. The number of carboxylic acid groups (broad SMARTS) is 1. The van der Waals surface area contributed by atoms with Gasteiger partial charge in [-0.1, -0.05) is 26.0 Å². The Morgan fingerprint density at radius 1 is 1.23 bits per heavy atom. The molecule has 26 heavy (non-hydrogen) atoms. The summed E-state index contributed by atoms with van der Waals surface area (Å²) in [5, 5.41) is 9.21. The zero-order valence-corrected chi connectivity index (χ0v) is 17.2. The van der Waals surface area contributed by atoms with Crippen LogP contribution in [0.3, 0.4) is 0 Å². The van der Waals surface area contributed by atoms with Crippen LogP contribution in [0, 0.1) is 11.8 Å². The Bertz CT molecular complexity index is 440. The fraction of sp³-hybridized carbons (Fsp3) is 0.857. The minimum absolute atomic E-state index is 0.277. The molecule has 0 saturated carbocycles. The Labute approximate surface area is 163 Å². The summed E-state index contributed by atoms with van der Waals surface area (Å²) < 4.78 is 12.0. The average Bonchev–Trinajstić information content (AvgIpc) is 3.21. The normalized spacial score (nSPS) is 28.8. The van der Waals surface area contributed by atoms with E-state index < -0.39 is 5.97 Å². The first-order chi connectivity index (χ1) is 12.6. The van der Waals surface area contributed by atoms with Crippen molar-refractivity contribution >= 4 is 17.7 Å². The number of ether oxygens (including phenoxy) is 2. The van der Waals surface area contributed by atoms with Crippen LogP contribution in [0.15, 0.2) is 12.2 Å². The zero-order chi connectivity index (χ0) is 18.8. The van der Waals surface area contributed by atoms with Crippen LogP contribution in [-0.4, -0.2) is 47.5 Å². The Kier molecular flexibility index (Phi) is 10.1. The van der Waals surface area contributed by atoms with E-state index in [0.29, 0.717) is 29.3 Å². The van der Waals surface area contributed by atoms with Crippen LogP contribution >= 0.6 is 11.8 Å². The highest BCUT2D eigenvalue weighted by Gasteiger charge is 2.47. The van der Waals surface area contributed by atoms with E-state index in [-0.39, 0.29) is 6.42 Å². The van der Waals surface area contributed by atoms with E-state index >= 15 is 0 Å². The molecule has 4 nitrogen and oxygen atoms in total. The highest BCUT2D eigenvalue weighted by Crippen LogP contribution is 2.47. The molecule has 5 unspecified atom stereocenters. The summed E-state index contributed by atoms with van der Waals surface area (Å²) in [5.74, 6) is 1.73. The lowest BCUT2D eigenvalue weighted by Gasteiger charge is -2.28. The third-order valence-corrected chi connectivity index (χ3v) is 6.91. The fourth-order valence-corrected chi connectivity index (χ4v) is 5.34. The van der Waals surface area contributed by atoms with Gasteiger partial charge in [0.15, 0.2) is 0 Å². The fourth-order valence-electron chi connectivity index (χ4n) is 4.24. The van der Waals surface area contributed by atoms with Crippen molar-refractivity contribution in [3.63, 3.8) is 0 Å². The van der Waals surface area contributed by atoms with Crippen molar-refractivity contribution in [3.05, 3.63) is 12.2 Å². The second kappa shape index (κ2) is 12.0. The molecule has 2 saturated heterocycles. The van der Waals surface area contributed by atoms with Gasteiger partial charge in [0.05, 0.1) is 18.8 Å². The molecular formula is C21H36O4S. The van der Waals surface area contributed by atoms with Gasteiger partial charge in [-0.15, -0.1) is 0 Å². The standard InChI is InChI=1S/C21H36O4S/c1-3-4-5-6-13-24-14-11-17-18(20-9-8-19(17)25-20)12-15-26-16(2)7-10-21(22)23/h4-5,16-20H,3,6-15H2,1-2H3,(H,22,23). The largest absolute Gasteiger partial charge is 0.481 e. The first-order valence-corrected chi connectivity index (χ1v) is 11.4. The quantitative estimate of drug-likeness (QED) is 0.340. The molecule has 5 atom stereocenters. The summed E-state index contributed by atoms with van der Waals surface area (Å²) in [5.41, 5.74) is 0. The highest BCUT2D eigenvalue weighted by molar-refractivity contribution is 7.99. The summed E-state index contributed by atoms with van der Waals surface area (Å²) in [7, 11) is 0. The maximum absolute atomic E-state index is 10.7. The minimum atomic E-state index is -0.691. The Morgan fingerprint density at radius 3 is 2.65 bits per heavy atom. The molecule has 150 valence electrons. The van der Waals surface area contributed by atoms with Gasteiger partial charge in [-0.2, -0.15) is 11.8 Å². The van der Waals surface area contributed by atoms with Crippen LogP contribution in [-0.2, 0) is 14.3 Å². The summed E-state index contributed by atoms with van der Waals surface area (Å²) in [4.78, 5) is 10.7. The van der Waals surface area contributed by atoms with E-state index in [1.165, 1.54) is 19.3 Å². The molecule has 0 spiro atoms. The van der Waals surface area contributed by atoms with Gasteiger partial charge in [-0.05, 0) is 62.5 Å². The van der Waals surface area contributed by atoms with Gasteiger partial charge >= 0.3 is 5.97 Å². The van der Waals surface area contributed by atoms with Gasteiger partial charge in [0.1, 0.15) is 0 Å². The number of rotatable bonds is 14. The maximum atomic E-state index is 10.7. The average molecular weight is 385 g/mol. The number of fused-ring (bicyclic) bond motifs is 2. The molecule has 0 amide bonds. The Balaban J connectivity index is 1.64. The molecule has 2 aliphatic rings. The van der Waals surface area contributed by atoms with Crippen LogP contribution in [0.2, 0.25) is 0 Å². The topological polar surface area (TPSA) is 55.8 Å². The molecule has 2 fully saturated rings. The molecule has 0 aromatic rings.